The Kier molecular flexibility index (Phi) is 4.83. The van der Waals surface area contributed by atoms with Gasteiger partial charge in [0.25, 0.3) is 0 Å². The van der Waals surface area contributed by atoms with E-state index in [-0.39, 0.29) is 12.1 Å². The van der Waals surface area contributed by atoms with Crippen molar-refractivity contribution in [3.8, 4) is 11.1 Å². The predicted molar refractivity (Wildman–Crippen MR) is 111 cm³/mol. The monoisotopic (exact) mass is 397 g/mol. The first-order valence-corrected chi connectivity index (χ1v) is 9.52. The maximum Gasteiger partial charge on any atom is 0.337 e. The lowest BCUT2D eigenvalue weighted by atomic mass is 10.0. The van der Waals surface area contributed by atoms with Crippen LogP contribution in [0.4, 0.5) is 10.7 Å². The lowest BCUT2D eigenvalue weighted by molar-refractivity contribution is 0.0601. The highest BCUT2D eigenvalue weighted by atomic mass is 35.5. The summed E-state index contributed by atoms with van der Waals surface area (Å²) in [5.41, 5.74) is 4.66. The number of anilines is 2. The van der Waals surface area contributed by atoms with Crippen LogP contribution in [0.3, 0.4) is 0 Å². The molecule has 0 spiro atoms. The number of nitrogens with zero attached hydrogens (tertiary/aromatic N) is 1. The summed E-state index contributed by atoms with van der Waals surface area (Å²) in [5, 5.41) is 10.5. The van der Waals surface area contributed by atoms with Crippen molar-refractivity contribution >= 4 is 45.9 Å². The normalized spacial score (nSPS) is 15.0. The molecule has 1 aliphatic heterocycles. The maximum absolute atomic E-state index is 11.6. The summed E-state index contributed by atoms with van der Waals surface area (Å²) in [6.07, 6.45) is 1.47. The van der Waals surface area contributed by atoms with Crippen LogP contribution in [0, 0.1) is 0 Å². The van der Waals surface area contributed by atoms with E-state index in [9.17, 15) is 4.79 Å². The highest BCUT2D eigenvalue weighted by Crippen LogP contribution is 2.42. The Balaban J connectivity index is 1.63. The van der Waals surface area contributed by atoms with Gasteiger partial charge in [0.05, 0.1) is 19.0 Å². The van der Waals surface area contributed by atoms with E-state index in [0.717, 1.165) is 27.4 Å². The molecule has 136 valence electrons. The molecule has 0 bridgehead atoms. The van der Waals surface area contributed by atoms with E-state index in [0.29, 0.717) is 10.6 Å². The van der Waals surface area contributed by atoms with Crippen LogP contribution >= 0.6 is 22.9 Å². The molecule has 0 saturated carbocycles. The van der Waals surface area contributed by atoms with Gasteiger partial charge in [0.15, 0.2) is 0 Å². The first-order chi connectivity index (χ1) is 13.2. The number of ether oxygens (including phenoxy) is 1. The largest absolute Gasteiger partial charge is 0.465 e. The van der Waals surface area contributed by atoms with Crippen LogP contribution in [0.25, 0.3) is 11.1 Å². The third-order valence-corrected chi connectivity index (χ3v) is 5.47. The lowest BCUT2D eigenvalue weighted by Gasteiger charge is -2.22. The smallest absolute Gasteiger partial charge is 0.337 e. The number of rotatable bonds is 4. The minimum absolute atomic E-state index is 0.234. The van der Waals surface area contributed by atoms with E-state index in [1.165, 1.54) is 7.11 Å². The van der Waals surface area contributed by atoms with Crippen molar-refractivity contribution in [1.29, 1.82) is 0 Å². The second-order valence-corrected chi connectivity index (χ2v) is 7.25. The van der Waals surface area contributed by atoms with Gasteiger partial charge in [-0.2, -0.15) is 0 Å². The molecule has 1 atom stereocenters. The second-order valence-electron chi connectivity index (χ2n) is 5.94. The number of aliphatic imine (C=N–C) groups is 1. The Labute approximate surface area is 165 Å². The molecule has 5 nitrogen and oxygen atoms in total. The molecule has 3 aromatic rings. The fraction of sp³-hybridized carbons (Fsp3) is 0.100. The van der Waals surface area contributed by atoms with Crippen LogP contribution < -0.4 is 10.6 Å². The van der Waals surface area contributed by atoms with Gasteiger partial charge in [-0.15, -0.1) is 11.3 Å². The van der Waals surface area contributed by atoms with Crippen molar-refractivity contribution in [2.45, 2.75) is 6.17 Å². The third-order valence-electron chi connectivity index (χ3n) is 4.29. The zero-order valence-electron chi connectivity index (χ0n) is 14.4. The average Bonchev–Trinajstić information content (AvgIpc) is 3.14. The van der Waals surface area contributed by atoms with E-state index >= 15 is 0 Å². The molecule has 1 aromatic heterocycles. The number of nitrogens with one attached hydrogen (secondary N) is 2. The standard InChI is InChI=1S/C20H16ClN3O2S/c1-26-20(25)13-4-8-15(9-5-13)24-18-17-16(10-27-19(17)23-11-22-18)12-2-6-14(21)7-3-12/h2-11,18,24H,1H3,(H,22,23)/t18-/m0/s1. The SMILES string of the molecule is COC(=O)c1ccc(N[C@@H]2N=CNc3scc(-c4ccc(Cl)cc4)c32)cc1. The van der Waals surface area contributed by atoms with Gasteiger partial charge in [0.1, 0.15) is 11.2 Å². The summed E-state index contributed by atoms with van der Waals surface area (Å²) >= 11 is 7.66. The van der Waals surface area contributed by atoms with Crippen LogP contribution in [-0.4, -0.2) is 19.4 Å². The average molecular weight is 398 g/mol. The molecule has 0 fully saturated rings. The first-order valence-electron chi connectivity index (χ1n) is 8.26. The van der Waals surface area contributed by atoms with Crippen molar-refractivity contribution in [2.75, 3.05) is 17.7 Å². The van der Waals surface area contributed by atoms with Crippen LogP contribution in [-0.2, 0) is 4.74 Å². The van der Waals surface area contributed by atoms with Gasteiger partial charge >= 0.3 is 5.97 Å². The Bertz CT molecular complexity index is 997. The van der Waals surface area contributed by atoms with Crippen molar-refractivity contribution in [3.63, 3.8) is 0 Å². The van der Waals surface area contributed by atoms with Gasteiger partial charge in [-0.3, -0.25) is 0 Å². The summed E-state index contributed by atoms with van der Waals surface area (Å²) in [6, 6.07) is 14.9. The number of carbonyl (C=O) groups is 1. The minimum atomic E-state index is -0.355. The van der Waals surface area contributed by atoms with E-state index < -0.39 is 0 Å². The molecular formula is C20H16ClN3O2S. The number of carbonyl (C=O) groups excluding carboxylic acids is 1. The molecular weight excluding hydrogens is 382 g/mol. The fourth-order valence-corrected chi connectivity index (χ4v) is 4.03. The number of thiophene rings is 1. The highest BCUT2D eigenvalue weighted by Gasteiger charge is 2.24. The zero-order valence-corrected chi connectivity index (χ0v) is 16.0. The summed E-state index contributed by atoms with van der Waals surface area (Å²) < 4.78 is 4.74. The maximum atomic E-state index is 11.6. The van der Waals surface area contributed by atoms with Gasteiger partial charge in [-0.05, 0) is 42.0 Å². The van der Waals surface area contributed by atoms with E-state index in [2.05, 4.69) is 21.0 Å². The topological polar surface area (TPSA) is 62.7 Å². The molecule has 2 aromatic carbocycles. The molecule has 0 amide bonds. The molecule has 0 aliphatic carbocycles. The number of fused-ring (bicyclic) bond motifs is 1. The Morgan fingerprint density at radius 2 is 1.93 bits per heavy atom. The van der Waals surface area contributed by atoms with Crippen LogP contribution in [0.15, 0.2) is 58.9 Å². The molecule has 2 heterocycles. The quantitative estimate of drug-likeness (QED) is 0.577. The second kappa shape index (κ2) is 7.42. The number of esters is 1. The fourth-order valence-electron chi connectivity index (χ4n) is 2.94. The lowest BCUT2D eigenvalue weighted by Crippen LogP contribution is -2.16. The summed E-state index contributed by atoms with van der Waals surface area (Å²) in [5.74, 6) is -0.355. The Morgan fingerprint density at radius 3 is 2.63 bits per heavy atom. The Hall–Kier alpha value is -2.83. The van der Waals surface area contributed by atoms with Gasteiger partial charge in [-0.1, -0.05) is 23.7 Å². The van der Waals surface area contributed by atoms with Crippen molar-refractivity contribution in [1.82, 2.24) is 0 Å². The van der Waals surface area contributed by atoms with Crippen molar-refractivity contribution < 1.29 is 9.53 Å². The van der Waals surface area contributed by atoms with Gasteiger partial charge in [-0.25, -0.2) is 9.79 Å². The van der Waals surface area contributed by atoms with Gasteiger partial charge in [0, 0.05) is 27.2 Å². The molecule has 27 heavy (non-hydrogen) atoms. The van der Waals surface area contributed by atoms with Gasteiger partial charge in [0.2, 0.25) is 0 Å². The van der Waals surface area contributed by atoms with Crippen LogP contribution in [0.2, 0.25) is 5.02 Å². The van der Waals surface area contributed by atoms with E-state index in [1.54, 1.807) is 29.8 Å². The summed E-state index contributed by atoms with van der Waals surface area (Å²) in [7, 11) is 1.37. The van der Waals surface area contributed by atoms with E-state index in [4.69, 9.17) is 16.3 Å². The van der Waals surface area contributed by atoms with E-state index in [1.807, 2.05) is 36.4 Å². The van der Waals surface area contributed by atoms with Gasteiger partial charge < -0.3 is 15.4 Å². The highest BCUT2D eigenvalue weighted by molar-refractivity contribution is 7.15. The third kappa shape index (κ3) is 3.54. The molecule has 7 heteroatoms. The van der Waals surface area contributed by atoms with Crippen LogP contribution in [0.1, 0.15) is 22.1 Å². The van der Waals surface area contributed by atoms with Crippen molar-refractivity contribution in [2.24, 2.45) is 4.99 Å². The Morgan fingerprint density at radius 1 is 1.19 bits per heavy atom. The molecule has 4 rings (SSSR count). The molecule has 0 saturated heterocycles. The van der Waals surface area contributed by atoms with Crippen LogP contribution in [0.5, 0.6) is 0 Å². The first kappa shape index (κ1) is 17.6. The molecule has 1 aliphatic rings. The number of hydrogen-bond donors (Lipinski definition) is 2. The summed E-state index contributed by atoms with van der Waals surface area (Å²) in [4.78, 5) is 16.1. The predicted octanol–water partition coefficient (Wildman–Crippen LogP) is 5.42. The number of methoxy groups -OCH3 is 1. The van der Waals surface area contributed by atoms with Crippen molar-refractivity contribution in [3.05, 3.63) is 70.1 Å². The molecule has 0 unspecified atom stereocenters. The molecule has 2 N–H and O–H groups in total. The number of benzene rings is 2. The minimum Gasteiger partial charge on any atom is -0.465 e. The number of halogens is 1. The zero-order chi connectivity index (χ0) is 18.8. The summed E-state index contributed by atoms with van der Waals surface area (Å²) in [6.45, 7) is 0. The number of hydrogen-bond acceptors (Lipinski definition) is 6. The molecule has 0 radical (unpaired) electrons.